The molecule has 2 fully saturated rings. The van der Waals surface area contributed by atoms with Crippen molar-refractivity contribution in [3.8, 4) is 0 Å². The van der Waals surface area contributed by atoms with E-state index in [1.165, 1.54) is 0 Å². The van der Waals surface area contributed by atoms with Crippen molar-refractivity contribution >= 4 is 15.7 Å². The summed E-state index contributed by atoms with van der Waals surface area (Å²) in [6, 6.07) is -0.115. The van der Waals surface area contributed by atoms with Gasteiger partial charge >= 0.3 is 0 Å². The SMILES string of the molecule is CCN(C(=O)C1(CC)CCNCC1)C1CCS(=O)(=O)C1. The van der Waals surface area contributed by atoms with E-state index in [2.05, 4.69) is 12.2 Å². The highest BCUT2D eigenvalue weighted by molar-refractivity contribution is 7.91. The molecule has 2 rings (SSSR count). The van der Waals surface area contributed by atoms with Gasteiger partial charge in [-0.3, -0.25) is 4.79 Å². The molecule has 5 nitrogen and oxygen atoms in total. The number of hydrogen-bond acceptors (Lipinski definition) is 4. The lowest BCUT2D eigenvalue weighted by atomic mass is 9.75. The largest absolute Gasteiger partial charge is 0.338 e. The molecule has 1 atom stereocenters. The standard InChI is InChI=1S/C14H26N2O3S/c1-3-14(6-8-15-9-7-14)13(17)16(4-2)12-5-10-20(18,19)11-12/h12,15H,3-11H2,1-2H3. The molecule has 0 aromatic rings. The van der Waals surface area contributed by atoms with Crippen LogP contribution in [-0.2, 0) is 14.6 Å². The van der Waals surface area contributed by atoms with Crippen molar-refractivity contribution in [3.05, 3.63) is 0 Å². The van der Waals surface area contributed by atoms with Crippen molar-refractivity contribution in [2.75, 3.05) is 31.1 Å². The predicted octanol–water partition coefficient (Wildman–Crippen LogP) is 0.802. The molecule has 2 saturated heterocycles. The van der Waals surface area contributed by atoms with E-state index in [1.54, 1.807) is 0 Å². The molecule has 0 aromatic carbocycles. The van der Waals surface area contributed by atoms with Gasteiger partial charge < -0.3 is 10.2 Å². The molecule has 2 aliphatic rings. The highest BCUT2D eigenvalue weighted by Gasteiger charge is 2.43. The Bertz CT molecular complexity index is 455. The topological polar surface area (TPSA) is 66.5 Å². The van der Waals surface area contributed by atoms with Gasteiger partial charge in [-0.1, -0.05) is 6.92 Å². The van der Waals surface area contributed by atoms with E-state index in [0.29, 0.717) is 13.0 Å². The molecule has 1 amide bonds. The maximum Gasteiger partial charge on any atom is 0.229 e. The molecule has 1 N–H and O–H groups in total. The van der Waals surface area contributed by atoms with Crippen LogP contribution in [0.2, 0.25) is 0 Å². The van der Waals surface area contributed by atoms with Crippen molar-refractivity contribution in [3.63, 3.8) is 0 Å². The molecule has 20 heavy (non-hydrogen) atoms. The Morgan fingerprint density at radius 3 is 2.40 bits per heavy atom. The smallest absolute Gasteiger partial charge is 0.229 e. The van der Waals surface area contributed by atoms with Crippen LogP contribution < -0.4 is 5.32 Å². The number of carbonyl (C=O) groups excluding carboxylic acids is 1. The maximum atomic E-state index is 13.0. The number of nitrogens with one attached hydrogen (secondary N) is 1. The third-order valence-corrected chi connectivity index (χ3v) is 6.69. The molecule has 116 valence electrons. The number of nitrogens with zero attached hydrogens (tertiary/aromatic N) is 1. The quantitative estimate of drug-likeness (QED) is 0.834. The van der Waals surface area contributed by atoms with Gasteiger partial charge in [-0.15, -0.1) is 0 Å². The van der Waals surface area contributed by atoms with Gasteiger partial charge in [0.05, 0.1) is 16.9 Å². The highest BCUT2D eigenvalue weighted by Crippen LogP contribution is 2.36. The zero-order valence-electron chi connectivity index (χ0n) is 12.5. The van der Waals surface area contributed by atoms with Crippen LogP contribution in [0, 0.1) is 5.41 Å². The highest BCUT2D eigenvalue weighted by atomic mass is 32.2. The summed E-state index contributed by atoms with van der Waals surface area (Å²) >= 11 is 0. The van der Waals surface area contributed by atoms with Gasteiger partial charge in [0.1, 0.15) is 0 Å². The van der Waals surface area contributed by atoms with Gasteiger partial charge in [-0.2, -0.15) is 0 Å². The molecule has 0 saturated carbocycles. The normalized spacial score (nSPS) is 28.2. The van der Waals surface area contributed by atoms with Crippen LogP contribution in [0.15, 0.2) is 0 Å². The van der Waals surface area contributed by atoms with Crippen LogP contribution in [-0.4, -0.2) is 56.4 Å². The van der Waals surface area contributed by atoms with Crippen LogP contribution in [0.25, 0.3) is 0 Å². The van der Waals surface area contributed by atoms with Crippen LogP contribution in [0.5, 0.6) is 0 Å². The third kappa shape index (κ3) is 3.01. The van der Waals surface area contributed by atoms with E-state index in [-0.39, 0.29) is 28.9 Å². The van der Waals surface area contributed by atoms with Gasteiger partial charge in [-0.25, -0.2) is 8.42 Å². The Kier molecular flexibility index (Phi) is 4.74. The number of hydrogen-bond donors (Lipinski definition) is 1. The predicted molar refractivity (Wildman–Crippen MR) is 79.3 cm³/mol. The summed E-state index contributed by atoms with van der Waals surface area (Å²) in [6.07, 6.45) is 3.15. The number of sulfone groups is 1. The second kappa shape index (κ2) is 6.02. The fraction of sp³-hybridized carbons (Fsp3) is 0.929. The molecule has 0 spiro atoms. The fourth-order valence-electron chi connectivity index (χ4n) is 3.52. The van der Waals surface area contributed by atoms with Crippen LogP contribution in [0.4, 0.5) is 0 Å². The second-order valence-corrected chi connectivity index (χ2v) is 8.26. The lowest BCUT2D eigenvalue weighted by Crippen LogP contribution is -2.52. The van der Waals surface area contributed by atoms with E-state index >= 15 is 0 Å². The van der Waals surface area contributed by atoms with Gasteiger partial charge in [0.15, 0.2) is 9.84 Å². The molecule has 6 heteroatoms. The molecule has 0 radical (unpaired) electrons. The van der Waals surface area contributed by atoms with Crippen LogP contribution in [0.1, 0.15) is 39.5 Å². The van der Waals surface area contributed by atoms with E-state index in [9.17, 15) is 13.2 Å². The molecule has 2 heterocycles. The second-order valence-electron chi connectivity index (χ2n) is 6.03. The maximum absolute atomic E-state index is 13.0. The van der Waals surface area contributed by atoms with Gasteiger partial charge in [-0.05, 0) is 45.7 Å². The summed E-state index contributed by atoms with van der Waals surface area (Å²) in [5.74, 6) is 0.540. The minimum Gasteiger partial charge on any atom is -0.338 e. The van der Waals surface area contributed by atoms with E-state index in [0.717, 1.165) is 32.4 Å². The zero-order valence-corrected chi connectivity index (χ0v) is 13.3. The lowest BCUT2D eigenvalue weighted by molar-refractivity contribution is -0.146. The monoisotopic (exact) mass is 302 g/mol. The number of rotatable bonds is 4. The Labute approximate surface area is 122 Å². The first kappa shape index (κ1) is 15.8. The number of piperidine rings is 1. The van der Waals surface area contributed by atoms with Crippen molar-refractivity contribution in [1.82, 2.24) is 10.2 Å². The summed E-state index contributed by atoms with van der Waals surface area (Å²) in [5.41, 5.74) is -0.284. The molecule has 0 aromatic heterocycles. The number of amides is 1. The molecule has 2 aliphatic heterocycles. The van der Waals surface area contributed by atoms with Crippen molar-refractivity contribution in [2.45, 2.75) is 45.6 Å². The summed E-state index contributed by atoms with van der Waals surface area (Å²) in [5, 5.41) is 3.30. The first-order chi connectivity index (χ1) is 9.44. The fourth-order valence-corrected chi connectivity index (χ4v) is 5.25. The minimum atomic E-state index is -2.95. The average Bonchev–Trinajstić information content (AvgIpc) is 2.80. The summed E-state index contributed by atoms with van der Waals surface area (Å²) in [6.45, 7) is 6.38. The van der Waals surface area contributed by atoms with Crippen LogP contribution in [0.3, 0.4) is 0 Å². The Morgan fingerprint density at radius 1 is 1.30 bits per heavy atom. The molecule has 0 aliphatic carbocycles. The third-order valence-electron chi connectivity index (χ3n) is 4.94. The van der Waals surface area contributed by atoms with E-state index in [4.69, 9.17) is 0 Å². The van der Waals surface area contributed by atoms with Crippen LogP contribution >= 0.6 is 0 Å². The molecular weight excluding hydrogens is 276 g/mol. The van der Waals surface area contributed by atoms with Crippen molar-refractivity contribution in [1.29, 1.82) is 0 Å². The molecular formula is C14H26N2O3S. The summed E-state index contributed by atoms with van der Waals surface area (Å²) in [7, 11) is -2.95. The zero-order chi connectivity index (χ0) is 14.8. The molecule has 0 bridgehead atoms. The Morgan fingerprint density at radius 2 is 1.95 bits per heavy atom. The summed E-state index contributed by atoms with van der Waals surface area (Å²) in [4.78, 5) is 14.8. The Hall–Kier alpha value is -0.620. The van der Waals surface area contributed by atoms with Gasteiger partial charge in [0, 0.05) is 12.6 Å². The lowest BCUT2D eigenvalue weighted by Gasteiger charge is -2.41. The number of carbonyl (C=O) groups is 1. The van der Waals surface area contributed by atoms with Gasteiger partial charge in [0.25, 0.3) is 0 Å². The summed E-state index contributed by atoms with van der Waals surface area (Å²) < 4.78 is 23.3. The van der Waals surface area contributed by atoms with E-state index in [1.807, 2.05) is 11.8 Å². The van der Waals surface area contributed by atoms with E-state index < -0.39 is 9.84 Å². The average molecular weight is 302 g/mol. The first-order valence-corrected chi connectivity index (χ1v) is 9.48. The Balaban J connectivity index is 2.16. The minimum absolute atomic E-state index is 0.115. The van der Waals surface area contributed by atoms with Gasteiger partial charge in [0.2, 0.25) is 5.91 Å². The first-order valence-electron chi connectivity index (χ1n) is 7.66. The molecule has 1 unspecified atom stereocenters. The van der Waals surface area contributed by atoms with Crippen molar-refractivity contribution < 1.29 is 13.2 Å². The van der Waals surface area contributed by atoms with Crippen molar-refractivity contribution in [2.24, 2.45) is 5.41 Å².